The van der Waals surface area contributed by atoms with E-state index in [1.165, 1.54) is 23.9 Å². The number of benzene rings is 3. The summed E-state index contributed by atoms with van der Waals surface area (Å²) in [6.07, 6.45) is 0.392. The van der Waals surface area contributed by atoms with Crippen LogP contribution in [0, 0.1) is 5.82 Å². The fourth-order valence-electron chi connectivity index (χ4n) is 3.25. The van der Waals surface area contributed by atoms with Crippen LogP contribution in [0.1, 0.15) is 11.1 Å². The molecule has 0 aliphatic heterocycles. The van der Waals surface area contributed by atoms with Crippen LogP contribution in [-0.4, -0.2) is 35.6 Å². The summed E-state index contributed by atoms with van der Waals surface area (Å²) in [5.41, 5.74) is 1.73. The molecule has 3 aromatic carbocycles. The van der Waals surface area contributed by atoms with E-state index in [4.69, 9.17) is 0 Å². The number of nitrogens with one attached hydrogen (secondary N) is 1. The fraction of sp³-hybridized carbons (Fsp3) is 0.200. The van der Waals surface area contributed by atoms with Gasteiger partial charge in [0.2, 0.25) is 11.8 Å². The van der Waals surface area contributed by atoms with Crippen LogP contribution >= 0.6 is 11.8 Å². The number of hydrogen-bond donors (Lipinski definition) is 1. The van der Waals surface area contributed by atoms with E-state index in [9.17, 15) is 14.0 Å². The van der Waals surface area contributed by atoms with Crippen molar-refractivity contribution in [1.82, 2.24) is 10.2 Å². The molecule has 0 bridgehead atoms. The van der Waals surface area contributed by atoms with E-state index in [1.807, 2.05) is 60.7 Å². The maximum atomic E-state index is 13.4. The highest BCUT2D eigenvalue weighted by atomic mass is 32.2. The van der Waals surface area contributed by atoms with Crippen LogP contribution in [0.15, 0.2) is 89.8 Å². The van der Waals surface area contributed by atoms with Crippen LogP contribution in [0.5, 0.6) is 0 Å². The molecule has 2 amide bonds. The van der Waals surface area contributed by atoms with Crippen molar-refractivity contribution in [3.8, 4) is 0 Å². The second kappa shape index (κ2) is 11.3. The molecule has 0 saturated carbocycles. The van der Waals surface area contributed by atoms with Crippen molar-refractivity contribution >= 4 is 23.6 Å². The summed E-state index contributed by atoms with van der Waals surface area (Å²) >= 11 is 1.43. The first-order valence-corrected chi connectivity index (χ1v) is 11.0. The van der Waals surface area contributed by atoms with Gasteiger partial charge < -0.3 is 10.2 Å². The summed E-state index contributed by atoms with van der Waals surface area (Å²) in [6.45, 7) is 0.222. The van der Waals surface area contributed by atoms with Crippen LogP contribution in [0.25, 0.3) is 0 Å². The summed E-state index contributed by atoms with van der Waals surface area (Å²) < 4.78 is 13.4. The van der Waals surface area contributed by atoms with Crippen molar-refractivity contribution in [2.45, 2.75) is 23.9 Å². The standard InChI is InChI=1S/C25H25FN2O2S/c1-27-25(30)23(16-19-8-4-2-5-9-19)28(17-20-12-14-21(26)15-13-20)24(29)18-31-22-10-6-3-7-11-22/h2-15,23H,16-18H2,1H3,(H,27,30). The summed E-state index contributed by atoms with van der Waals surface area (Å²) in [5.74, 6) is -0.520. The maximum Gasteiger partial charge on any atom is 0.242 e. The highest BCUT2D eigenvalue weighted by Gasteiger charge is 2.29. The minimum atomic E-state index is -0.679. The van der Waals surface area contributed by atoms with Gasteiger partial charge in [0, 0.05) is 24.9 Å². The SMILES string of the molecule is CNC(=O)C(Cc1ccccc1)N(Cc1ccc(F)cc1)C(=O)CSc1ccccc1. The Kier molecular flexibility index (Phi) is 8.24. The van der Waals surface area contributed by atoms with Gasteiger partial charge in [0.25, 0.3) is 0 Å². The average Bonchev–Trinajstić information content (AvgIpc) is 2.81. The molecule has 0 aromatic heterocycles. The van der Waals surface area contributed by atoms with E-state index in [0.29, 0.717) is 6.42 Å². The van der Waals surface area contributed by atoms with Crippen molar-refractivity contribution in [3.63, 3.8) is 0 Å². The van der Waals surface area contributed by atoms with Gasteiger partial charge in [-0.15, -0.1) is 11.8 Å². The first-order chi connectivity index (χ1) is 15.1. The Morgan fingerprint density at radius 2 is 1.52 bits per heavy atom. The molecular formula is C25H25FN2O2S. The molecule has 160 valence electrons. The van der Waals surface area contributed by atoms with E-state index in [0.717, 1.165) is 16.0 Å². The van der Waals surface area contributed by atoms with E-state index in [2.05, 4.69) is 5.32 Å². The molecular weight excluding hydrogens is 411 g/mol. The second-order valence-electron chi connectivity index (χ2n) is 7.07. The number of rotatable bonds is 9. The maximum absolute atomic E-state index is 13.4. The third-order valence-electron chi connectivity index (χ3n) is 4.89. The quantitative estimate of drug-likeness (QED) is 0.509. The normalized spacial score (nSPS) is 11.5. The molecule has 3 rings (SSSR count). The predicted octanol–water partition coefficient (Wildman–Crippen LogP) is 4.30. The monoisotopic (exact) mass is 436 g/mol. The number of amides is 2. The number of thioether (sulfide) groups is 1. The Bertz CT molecular complexity index is 981. The fourth-order valence-corrected chi connectivity index (χ4v) is 4.06. The van der Waals surface area contributed by atoms with Crippen molar-refractivity contribution in [3.05, 3.63) is 102 Å². The van der Waals surface area contributed by atoms with Gasteiger partial charge in [-0.25, -0.2) is 4.39 Å². The molecule has 0 saturated heterocycles. The molecule has 0 radical (unpaired) electrons. The Labute approximate surface area is 186 Å². The summed E-state index contributed by atoms with van der Waals surface area (Å²) in [7, 11) is 1.57. The largest absolute Gasteiger partial charge is 0.357 e. The van der Waals surface area contributed by atoms with Gasteiger partial charge in [-0.3, -0.25) is 9.59 Å². The van der Waals surface area contributed by atoms with Gasteiger partial charge in [-0.1, -0.05) is 60.7 Å². The van der Waals surface area contributed by atoms with Crippen LogP contribution in [0.3, 0.4) is 0 Å². The van der Waals surface area contributed by atoms with Gasteiger partial charge in [0.05, 0.1) is 5.75 Å². The van der Waals surface area contributed by atoms with E-state index in [-0.39, 0.29) is 29.9 Å². The van der Waals surface area contributed by atoms with E-state index >= 15 is 0 Å². The molecule has 0 spiro atoms. The molecule has 1 atom stereocenters. The molecule has 4 nitrogen and oxygen atoms in total. The van der Waals surface area contributed by atoms with Gasteiger partial charge in [0.15, 0.2) is 0 Å². The lowest BCUT2D eigenvalue weighted by molar-refractivity contribution is -0.139. The number of carbonyl (C=O) groups excluding carboxylic acids is 2. The average molecular weight is 437 g/mol. The molecule has 0 aliphatic carbocycles. The Balaban J connectivity index is 1.86. The zero-order valence-electron chi connectivity index (χ0n) is 17.3. The minimum Gasteiger partial charge on any atom is -0.357 e. The number of likely N-dealkylation sites (N-methyl/N-ethyl adjacent to an activating group) is 1. The van der Waals surface area contributed by atoms with Crippen molar-refractivity contribution in [2.24, 2.45) is 0 Å². The molecule has 0 fully saturated rings. The molecule has 0 heterocycles. The molecule has 6 heteroatoms. The van der Waals surface area contributed by atoms with E-state index in [1.54, 1.807) is 24.1 Å². The van der Waals surface area contributed by atoms with Crippen molar-refractivity contribution < 1.29 is 14.0 Å². The van der Waals surface area contributed by atoms with Crippen LogP contribution in [-0.2, 0) is 22.6 Å². The van der Waals surface area contributed by atoms with Crippen LogP contribution in [0.2, 0.25) is 0 Å². The zero-order chi connectivity index (χ0) is 22.1. The Hall–Kier alpha value is -3.12. The smallest absolute Gasteiger partial charge is 0.242 e. The summed E-state index contributed by atoms with van der Waals surface area (Å²) in [5, 5.41) is 2.69. The molecule has 1 N–H and O–H groups in total. The van der Waals surface area contributed by atoms with Crippen molar-refractivity contribution in [1.29, 1.82) is 0 Å². The Morgan fingerprint density at radius 1 is 0.903 bits per heavy atom. The lowest BCUT2D eigenvalue weighted by Gasteiger charge is -2.31. The van der Waals surface area contributed by atoms with Crippen LogP contribution in [0.4, 0.5) is 4.39 Å². The number of carbonyl (C=O) groups is 2. The molecule has 31 heavy (non-hydrogen) atoms. The van der Waals surface area contributed by atoms with Gasteiger partial charge >= 0.3 is 0 Å². The topological polar surface area (TPSA) is 49.4 Å². The second-order valence-corrected chi connectivity index (χ2v) is 8.12. The van der Waals surface area contributed by atoms with E-state index < -0.39 is 6.04 Å². The third kappa shape index (κ3) is 6.69. The van der Waals surface area contributed by atoms with Gasteiger partial charge in [-0.2, -0.15) is 0 Å². The summed E-state index contributed by atoms with van der Waals surface area (Å²) in [4.78, 5) is 28.7. The first-order valence-electron chi connectivity index (χ1n) is 10.0. The zero-order valence-corrected chi connectivity index (χ0v) is 18.1. The predicted molar refractivity (Wildman–Crippen MR) is 122 cm³/mol. The van der Waals surface area contributed by atoms with Crippen molar-refractivity contribution in [2.75, 3.05) is 12.8 Å². The van der Waals surface area contributed by atoms with Gasteiger partial charge in [0.1, 0.15) is 11.9 Å². The number of nitrogens with zero attached hydrogens (tertiary/aromatic N) is 1. The highest BCUT2D eigenvalue weighted by molar-refractivity contribution is 8.00. The third-order valence-corrected chi connectivity index (χ3v) is 5.89. The number of halogens is 1. The lowest BCUT2D eigenvalue weighted by Crippen LogP contribution is -2.50. The Morgan fingerprint density at radius 3 is 2.13 bits per heavy atom. The van der Waals surface area contributed by atoms with Gasteiger partial charge in [-0.05, 0) is 35.4 Å². The van der Waals surface area contributed by atoms with Crippen LogP contribution < -0.4 is 5.32 Å². The lowest BCUT2D eigenvalue weighted by atomic mass is 10.0. The summed E-state index contributed by atoms with van der Waals surface area (Å²) in [6, 6.07) is 24.6. The molecule has 1 unspecified atom stereocenters. The molecule has 3 aromatic rings. The number of hydrogen-bond acceptors (Lipinski definition) is 3. The first kappa shape index (κ1) is 22.6. The molecule has 0 aliphatic rings. The minimum absolute atomic E-state index is 0.150. The highest BCUT2D eigenvalue weighted by Crippen LogP contribution is 2.21.